The molecule has 0 aliphatic carbocycles. The van der Waals surface area contributed by atoms with Gasteiger partial charge in [0, 0.05) is 31.4 Å². The Hall–Kier alpha value is -2.82. The number of nitrogens with zero attached hydrogens (tertiary/aromatic N) is 3. The van der Waals surface area contributed by atoms with Crippen LogP contribution in [0.2, 0.25) is 0 Å². The van der Waals surface area contributed by atoms with E-state index in [9.17, 15) is 18.5 Å². The van der Waals surface area contributed by atoms with Gasteiger partial charge in [0.2, 0.25) is 10.0 Å². The van der Waals surface area contributed by atoms with Gasteiger partial charge in [-0.3, -0.25) is 15.5 Å². The van der Waals surface area contributed by atoms with Gasteiger partial charge in [-0.1, -0.05) is 30.3 Å². The number of nitro groups is 1. The normalized spacial score (nSPS) is 15.4. The average Bonchev–Trinajstić information content (AvgIpc) is 2.75. The van der Waals surface area contributed by atoms with Crippen molar-refractivity contribution in [3.05, 3.63) is 64.2 Å². The summed E-state index contributed by atoms with van der Waals surface area (Å²) in [7, 11) is -3.92. The van der Waals surface area contributed by atoms with Crippen molar-refractivity contribution < 1.29 is 18.1 Å². The van der Waals surface area contributed by atoms with Gasteiger partial charge in [-0.15, -0.1) is 0 Å². The third-order valence-electron chi connectivity index (χ3n) is 4.45. The molecule has 1 N–H and O–H groups in total. The maximum Gasteiger partial charge on any atom is 0.270 e. The first-order valence-electron chi connectivity index (χ1n) is 9.16. The highest BCUT2D eigenvalue weighted by molar-refractivity contribution is 7.89. The Morgan fingerprint density at radius 2 is 1.90 bits per heavy atom. The van der Waals surface area contributed by atoms with Crippen LogP contribution in [0.3, 0.4) is 0 Å². The molecule has 1 aliphatic heterocycles. The lowest BCUT2D eigenvalue weighted by molar-refractivity contribution is -0.385. The van der Waals surface area contributed by atoms with Crippen molar-refractivity contribution in [2.75, 3.05) is 31.7 Å². The maximum atomic E-state index is 13.0. The predicted molar refractivity (Wildman–Crippen MR) is 110 cm³/mol. The fourth-order valence-corrected chi connectivity index (χ4v) is 4.48. The lowest BCUT2D eigenvalue weighted by Crippen LogP contribution is -2.40. The van der Waals surface area contributed by atoms with Crippen LogP contribution >= 0.6 is 0 Å². The van der Waals surface area contributed by atoms with Gasteiger partial charge in [0.1, 0.15) is 4.90 Å². The number of aryl methyl sites for hydroxylation is 1. The standard InChI is InChI=1S/C19H22N4O5S/c24-23(25)17-8-9-18(21-20-10-4-7-16-5-2-1-3-6-16)19(15-17)29(26,27)22-11-13-28-14-12-22/h1-3,5-6,8-10,15,21H,4,7,11-14H2/b20-10-. The fraction of sp³-hybridized carbons (Fsp3) is 0.316. The molecule has 1 aliphatic rings. The number of rotatable bonds is 8. The van der Waals surface area contributed by atoms with Crippen molar-refractivity contribution in [2.45, 2.75) is 17.7 Å². The number of morpholine rings is 1. The van der Waals surface area contributed by atoms with Gasteiger partial charge in [-0.05, 0) is 24.5 Å². The highest BCUT2D eigenvalue weighted by Crippen LogP contribution is 2.29. The topological polar surface area (TPSA) is 114 Å². The molecule has 29 heavy (non-hydrogen) atoms. The molecule has 1 heterocycles. The van der Waals surface area contributed by atoms with Gasteiger partial charge in [0.25, 0.3) is 5.69 Å². The van der Waals surface area contributed by atoms with Gasteiger partial charge in [-0.2, -0.15) is 9.41 Å². The monoisotopic (exact) mass is 418 g/mol. The molecule has 1 fully saturated rings. The van der Waals surface area contributed by atoms with Crippen molar-refractivity contribution in [1.29, 1.82) is 0 Å². The molecular formula is C19H22N4O5S. The number of anilines is 1. The number of non-ortho nitro benzene ring substituents is 1. The van der Waals surface area contributed by atoms with Crippen LogP contribution in [0.5, 0.6) is 0 Å². The van der Waals surface area contributed by atoms with Crippen molar-refractivity contribution in [1.82, 2.24) is 4.31 Å². The zero-order valence-corrected chi connectivity index (χ0v) is 16.5. The molecule has 0 amide bonds. The summed E-state index contributed by atoms with van der Waals surface area (Å²) in [6, 6.07) is 13.6. The molecule has 0 saturated carbocycles. The second kappa shape index (κ2) is 9.59. The average molecular weight is 418 g/mol. The molecule has 10 heteroatoms. The molecule has 1 saturated heterocycles. The Morgan fingerprint density at radius 3 is 2.59 bits per heavy atom. The number of hydrazone groups is 1. The number of nitro benzene ring substituents is 1. The summed E-state index contributed by atoms with van der Waals surface area (Å²) in [6.07, 6.45) is 3.11. The Balaban J connectivity index is 1.76. The highest BCUT2D eigenvalue weighted by atomic mass is 32.2. The first-order chi connectivity index (χ1) is 14.0. The number of ether oxygens (including phenoxy) is 1. The molecule has 0 unspecified atom stereocenters. The third kappa shape index (κ3) is 5.37. The minimum absolute atomic E-state index is 0.172. The zero-order chi connectivity index (χ0) is 20.7. The number of hydrogen-bond acceptors (Lipinski definition) is 7. The minimum Gasteiger partial charge on any atom is -0.379 e. The second-order valence-corrected chi connectivity index (χ2v) is 8.31. The molecule has 0 atom stereocenters. The van der Waals surface area contributed by atoms with Crippen LogP contribution in [0, 0.1) is 10.1 Å². The van der Waals surface area contributed by atoms with Crippen LogP contribution in [0.1, 0.15) is 12.0 Å². The van der Waals surface area contributed by atoms with Crippen LogP contribution in [0.25, 0.3) is 0 Å². The van der Waals surface area contributed by atoms with Crippen LogP contribution < -0.4 is 5.43 Å². The second-order valence-electron chi connectivity index (χ2n) is 6.40. The number of sulfonamides is 1. The van der Waals surface area contributed by atoms with Gasteiger partial charge < -0.3 is 4.74 Å². The van der Waals surface area contributed by atoms with Gasteiger partial charge >= 0.3 is 0 Å². The summed E-state index contributed by atoms with van der Waals surface area (Å²) in [6.45, 7) is 0.971. The van der Waals surface area contributed by atoms with E-state index in [2.05, 4.69) is 10.5 Å². The zero-order valence-electron chi connectivity index (χ0n) is 15.7. The summed E-state index contributed by atoms with van der Waals surface area (Å²) < 4.78 is 32.5. The third-order valence-corrected chi connectivity index (χ3v) is 6.38. The SMILES string of the molecule is O=[N+]([O-])c1ccc(N/N=C\CCc2ccccc2)c(S(=O)(=O)N2CCOCC2)c1. The molecule has 0 radical (unpaired) electrons. The molecule has 0 bridgehead atoms. The minimum atomic E-state index is -3.92. The first kappa shape index (κ1) is 20.9. The molecular weight excluding hydrogens is 396 g/mol. The Labute approximate surface area is 169 Å². The van der Waals surface area contributed by atoms with E-state index < -0.39 is 14.9 Å². The van der Waals surface area contributed by atoms with E-state index in [1.54, 1.807) is 6.21 Å². The number of hydrogen-bond donors (Lipinski definition) is 1. The van der Waals surface area contributed by atoms with E-state index in [-0.39, 0.29) is 42.6 Å². The summed E-state index contributed by atoms with van der Waals surface area (Å²) in [4.78, 5) is 10.3. The lowest BCUT2D eigenvalue weighted by Gasteiger charge is -2.26. The van der Waals surface area contributed by atoms with Crippen molar-refractivity contribution >= 4 is 27.6 Å². The molecule has 154 valence electrons. The van der Waals surface area contributed by atoms with Crippen molar-refractivity contribution in [2.24, 2.45) is 5.10 Å². The quantitative estimate of drug-likeness (QED) is 0.400. The highest BCUT2D eigenvalue weighted by Gasteiger charge is 2.30. The van der Waals surface area contributed by atoms with E-state index >= 15 is 0 Å². The van der Waals surface area contributed by atoms with Gasteiger partial charge in [0.15, 0.2) is 0 Å². The summed E-state index contributed by atoms with van der Waals surface area (Å²) >= 11 is 0. The van der Waals surface area contributed by atoms with Crippen molar-refractivity contribution in [3.8, 4) is 0 Å². The lowest BCUT2D eigenvalue weighted by atomic mass is 10.1. The van der Waals surface area contributed by atoms with Crippen LogP contribution in [-0.2, 0) is 21.2 Å². The largest absolute Gasteiger partial charge is 0.379 e. The Kier molecular flexibility index (Phi) is 6.91. The summed E-state index contributed by atoms with van der Waals surface area (Å²) in [5.41, 5.74) is 3.79. The molecule has 3 rings (SSSR count). The van der Waals surface area contributed by atoms with Gasteiger partial charge in [0.05, 0.1) is 23.8 Å². The Morgan fingerprint density at radius 1 is 1.17 bits per heavy atom. The molecule has 2 aromatic rings. The summed E-state index contributed by atoms with van der Waals surface area (Å²) in [5, 5.41) is 15.2. The van der Waals surface area contributed by atoms with E-state index in [4.69, 9.17) is 4.74 Å². The Bertz CT molecular complexity index is 973. The molecule has 0 aromatic heterocycles. The van der Waals surface area contributed by atoms with E-state index in [0.717, 1.165) is 12.5 Å². The molecule has 0 spiro atoms. The fourth-order valence-electron chi connectivity index (χ4n) is 2.91. The van der Waals surface area contributed by atoms with E-state index in [1.165, 1.54) is 22.0 Å². The number of nitrogens with one attached hydrogen (secondary N) is 1. The molecule has 2 aromatic carbocycles. The van der Waals surface area contributed by atoms with E-state index in [1.807, 2.05) is 30.3 Å². The first-order valence-corrected chi connectivity index (χ1v) is 10.6. The van der Waals surface area contributed by atoms with E-state index in [0.29, 0.717) is 6.42 Å². The van der Waals surface area contributed by atoms with Crippen molar-refractivity contribution in [3.63, 3.8) is 0 Å². The maximum absolute atomic E-state index is 13.0. The smallest absolute Gasteiger partial charge is 0.270 e. The number of benzene rings is 2. The van der Waals surface area contributed by atoms with Crippen LogP contribution in [-0.4, -0.2) is 50.2 Å². The van der Waals surface area contributed by atoms with Crippen LogP contribution in [0.4, 0.5) is 11.4 Å². The molecule has 9 nitrogen and oxygen atoms in total. The van der Waals surface area contributed by atoms with Crippen LogP contribution in [0.15, 0.2) is 58.5 Å². The van der Waals surface area contributed by atoms with Gasteiger partial charge in [-0.25, -0.2) is 8.42 Å². The summed E-state index contributed by atoms with van der Waals surface area (Å²) in [5.74, 6) is 0. The predicted octanol–water partition coefficient (Wildman–Crippen LogP) is 2.65.